The first-order valence-electron chi connectivity index (χ1n) is 10.1. The van der Waals surface area contributed by atoms with E-state index in [1.165, 1.54) is 0 Å². The summed E-state index contributed by atoms with van der Waals surface area (Å²) in [5.41, 5.74) is 2.87. The summed E-state index contributed by atoms with van der Waals surface area (Å²) in [5.74, 6) is 1.65. The maximum absolute atomic E-state index is 10.5. The van der Waals surface area contributed by atoms with Crippen LogP contribution in [0.5, 0.6) is 5.75 Å². The van der Waals surface area contributed by atoms with Crippen LogP contribution in [0.25, 0.3) is 21.9 Å². The molecular formula is C24H27N3O3. The van der Waals surface area contributed by atoms with Gasteiger partial charge in [-0.25, -0.2) is 4.98 Å². The third kappa shape index (κ3) is 4.45. The molecule has 0 bridgehead atoms. The zero-order valence-electron chi connectivity index (χ0n) is 17.6. The van der Waals surface area contributed by atoms with Crippen LogP contribution in [0.15, 0.2) is 54.7 Å². The predicted molar refractivity (Wildman–Crippen MR) is 118 cm³/mol. The molecule has 0 radical (unpaired) electrons. The maximum Gasteiger partial charge on any atom is 0.122 e. The Kier molecular flexibility index (Phi) is 5.70. The van der Waals surface area contributed by atoms with Crippen molar-refractivity contribution in [3.63, 3.8) is 0 Å². The largest absolute Gasteiger partial charge is 0.489 e. The molecule has 30 heavy (non-hydrogen) atoms. The second-order valence-electron chi connectivity index (χ2n) is 8.11. The van der Waals surface area contributed by atoms with Crippen molar-refractivity contribution in [1.29, 1.82) is 0 Å². The molecule has 0 spiro atoms. The van der Waals surface area contributed by atoms with E-state index in [4.69, 9.17) is 14.5 Å². The third-order valence-electron chi connectivity index (χ3n) is 4.95. The van der Waals surface area contributed by atoms with Crippen LogP contribution in [-0.2, 0) is 24.3 Å². The monoisotopic (exact) mass is 405 g/mol. The van der Waals surface area contributed by atoms with E-state index in [0.717, 1.165) is 39.1 Å². The molecule has 6 nitrogen and oxygen atoms in total. The Morgan fingerprint density at radius 3 is 2.60 bits per heavy atom. The number of imidazole rings is 1. The van der Waals surface area contributed by atoms with Gasteiger partial charge in [-0.2, -0.15) is 0 Å². The van der Waals surface area contributed by atoms with Crippen LogP contribution in [-0.4, -0.2) is 39.0 Å². The first kappa shape index (κ1) is 20.3. The summed E-state index contributed by atoms with van der Waals surface area (Å²) in [7, 11) is 1.68. The Morgan fingerprint density at radius 2 is 1.87 bits per heavy atom. The number of methoxy groups -OCH3 is 1. The van der Waals surface area contributed by atoms with Crippen molar-refractivity contribution in [3.05, 3.63) is 66.1 Å². The number of ether oxygens (including phenoxy) is 2. The van der Waals surface area contributed by atoms with Gasteiger partial charge >= 0.3 is 0 Å². The number of hydrogen-bond donors (Lipinski definition) is 1. The van der Waals surface area contributed by atoms with E-state index in [-0.39, 0.29) is 0 Å². The molecule has 6 heteroatoms. The van der Waals surface area contributed by atoms with E-state index in [1.807, 2.05) is 48.5 Å². The first-order valence-corrected chi connectivity index (χ1v) is 10.1. The van der Waals surface area contributed by atoms with Gasteiger partial charge in [0.05, 0.1) is 36.0 Å². The van der Waals surface area contributed by atoms with Crippen LogP contribution in [0.3, 0.4) is 0 Å². The van der Waals surface area contributed by atoms with Crippen LogP contribution < -0.4 is 4.74 Å². The highest BCUT2D eigenvalue weighted by Crippen LogP contribution is 2.29. The van der Waals surface area contributed by atoms with Gasteiger partial charge in [0, 0.05) is 25.0 Å². The van der Waals surface area contributed by atoms with E-state index in [1.54, 1.807) is 27.2 Å². The fourth-order valence-electron chi connectivity index (χ4n) is 3.61. The van der Waals surface area contributed by atoms with Gasteiger partial charge < -0.3 is 19.1 Å². The van der Waals surface area contributed by atoms with Crippen LogP contribution in [0.4, 0.5) is 0 Å². The van der Waals surface area contributed by atoms with Crippen LogP contribution in [0.2, 0.25) is 0 Å². The average Bonchev–Trinajstić information content (AvgIpc) is 3.07. The zero-order chi connectivity index (χ0) is 21.1. The van der Waals surface area contributed by atoms with E-state index >= 15 is 0 Å². The fourth-order valence-corrected chi connectivity index (χ4v) is 3.61. The lowest BCUT2D eigenvalue weighted by Crippen LogP contribution is -2.27. The number of aliphatic hydroxyl groups is 1. The molecule has 0 saturated heterocycles. The summed E-state index contributed by atoms with van der Waals surface area (Å²) in [6.07, 6.45) is 2.46. The zero-order valence-corrected chi connectivity index (χ0v) is 17.6. The normalized spacial score (nSPS) is 12.0. The molecule has 2 aromatic heterocycles. The molecule has 0 aliphatic rings. The standard InChI is InChI=1S/C24H27N3O3/c1-24(2,28)16-27-22(11-12-29-3)26-21-14-25-20-13-18(9-10-19(20)23(21)27)30-15-17-7-5-4-6-8-17/h4-10,13-14,28H,11-12,15-16H2,1-3H3. The second-order valence-corrected chi connectivity index (χ2v) is 8.11. The highest BCUT2D eigenvalue weighted by atomic mass is 16.5. The molecule has 0 saturated carbocycles. The number of aromatic nitrogens is 3. The van der Waals surface area contributed by atoms with Gasteiger partial charge in [0.1, 0.15) is 23.7 Å². The van der Waals surface area contributed by atoms with Gasteiger partial charge in [-0.1, -0.05) is 30.3 Å². The van der Waals surface area contributed by atoms with Crippen molar-refractivity contribution < 1.29 is 14.6 Å². The van der Waals surface area contributed by atoms with Gasteiger partial charge in [0.15, 0.2) is 0 Å². The summed E-state index contributed by atoms with van der Waals surface area (Å²) in [4.78, 5) is 9.37. The summed E-state index contributed by atoms with van der Waals surface area (Å²) in [6, 6.07) is 16.0. The van der Waals surface area contributed by atoms with Crippen molar-refractivity contribution in [2.45, 2.75) is 39.0 Å². The number of fused-ring (bicyclic) bond motifs is 3. The Balaban J connectivity index is 1.73. The molecule has 0 amide bonds. The minimum atomic E-state index is -0.871. The Morgan fingerprint density at radius 1 is 1.07 bits per heavy atom. The highest BCUT2D eigenvalue weighted by molar-refractivity contribution is 6.02. The molecule has 4 aromatic rings. The number of nitrogens with zero attached hydrogens (tertiary/aromatic N) is 3. The molecule has 0 aliphatic carbocycles. The molecule has 0 aliphatic heterocycles. The molecule has 2 heterocycles. The number of hydrogen-bond acceptors (Lipinski definition) is 5. The molecule has 0 unspecified atom stereocenters. The van der Waals surface area contributed by atoms with Crippen LogP contribution >= 0.6 is 0 Å². The van der Waals surface area contributed by atoms with Crippen molar-refractivity contribution >= 4 is 21.9 Å². The van der Waals surface area contributed by atoms with Gasteiger partial charge in [-0.15, -0.1) is 0 Å². The summed E-state index contributed by atoms with van der Waals surface area (Å²) >= 11 is 0. The molecule has 0 atom stereocenters. The lowest BCUT2D eigenvalue weighted by molar-refractivity contribution is 0.0615. The average molecular weight is 405 g/mol. The van der Waals surface area contributed by atoms with E-state index < -0.39 is 5.60 Å². The smallest absolute Gasteiger partial charge is 0.122 e. The van der Waals surface area contributed by atoms with Crippen LogP contribution in [0, 0.1) is 0 Å². The highest BCUT2D eigenvalue weighted by Gasteiger charge is 2.21. The van der Waals surface area contributed by atoms with Crippen molar-refractivity contribution in [2.75, 3.05) is 13.7 Å². The Hall–Kier alpha value is -2.96. The molecule has 1 N–H and O–H groups in total. The quantitative estimate of drug-likeness (QED) is 0.477. The maximum atomic E-state index is 10.5. The predicted octanol–water partition coefficient (Wildman–Crippen LogP) is 4.12. The van der Waals surface area contributed by atoms with E-state index in [0.29, 0.717) is 26.2 Å². The molecule has 0 fully saturated rings. The number of pyridine rings is 1. The van der Waals surface area contributed by atoms with Crippen molar-refractivity contribution in [3.8, 4) is 5.75 Å². The Labute approximate surface area is 176 Å². The second kappa shape index (κ2) is 8.42. The number of rotatable bonds is 8. The summed E-state index contributed by atoms with van der Waals surface area (Å²) in [6.45, 7) is 5.12. The van der Waals surface area contributed by atoms with Gasteiger partial charge in [-0.3, -0.25) is 4.98 Å². The first-order chi connectivity index (χ1) is 14.4. The minimum Gasteiger partial charge on any atom is -0.489 e. The van der Waals surface area contributed by atoms with Gasteiger partial charge in [0.25, 0.3) is 0 Å². The topological polar surface area (TPSA) is 69.4 Å². The SMILES string of the molecule is COCCc1nc2cnc3cc(OCc4ccccc4)ccc3c2n1CC(C)(C)O. The number of benzene rings is 2. The molecule has 4 rings (SSSR count). The third-order valence-corrected chi connectivity index (χ3v) is 4.95. The molecular weight excluding hydrogens is 378 g/mol. The van der Waals surface area contributed by atoms with E-state index in [9.17, 15) is 5.11 Å². The summed E-state index contributed by atoms with van der Waals surface area (Å²) in [5, 5.41) is 11.5. The van der Waals surface area contributed by atoms with E-state index in [2.05, 4.69) is 9.55 Å². The van der Waals surface area contributed by atoms with Gasteiger partial charge in [-0.05, 0) is 31.5 Å². The molecule has 2 aromatic carbocycles. The minimum absolute atomic E-state index is 0.438. The van der Waals surface area contributed by atoms with Gasteiger partial charge in [0.2, 0.25) is 0 Å². The summed E-state index contributed by atoms with van der Waals surface area (Å²) < 4.78 is 13.3. The fraction of sp³-hybridized carbons (Fsp3) is 0.333. The van der Waals surface area contributed by atoms with Crippen molar-refractivity contribution in [2.24, 2.45) is 0 Å². The van der Waals surface area contributed by atoms with Crippen LogP contribution in [0.1, 0.15) is 25.2 Å². The molecule has 156 valence electrons. The lowest BCUT2D eigenvalue weighted by Gasteiger charge is -2.20. The lowest BCUT2D eigenvalue weighted by atomic mass is 10.1. The van der Waals surface area contributed by atoms with Crippen molar-refractivity contribution in [1.82, 2.24) is 14.5 Å². The Bertz CT molecular complexity index is 1150.